The first kappa shape index (κ1) is 20.5. The van der Waals surface area contributed by atoms with E-state index in [1.54, 1.807) is 6.20 Å². The minimum atomic E-state index is -4.46. The van der Waals surface area contributed by atoms with E-state index >= 15 is 0 Å². The Morgan fingerprint density at radius 2 is 1.83 bits per heavy atom. The summed E-state index contributed by atoms with van der Waals surface area (Å²) in [7, 11) is 0. The van der Waals surface area contributed by atoms with Gasteiger partial charge in [0.2, 0.25) is 0 Å². The molecule has 1 atom stereocenters. The molecule has 3 aromatic rings. The van der Waals surface area contributed by atoms with Crippen molar-refractivity contribution in [3.63, 3.8) is 0 Å². The number of rotatable bonds is 4. The van der Waals surface area contributed by atoms with Gasteiger partial charge in [0.15, 0.2) is 0 Å². The Morgan fingerprint density at radius 3 is 2.53 bits per heavy atom. The second-order valence-corrected chi connectivity index (χ2v) is 7.68. The number of fused-ring (bicyclic) bond motifs is 1. The van der Waals surface area contributed by atoms with Crippen LogP contribution in [0.1, 0.15) is 35.6 Å². The third-order valence-electron chi connectivity index (χ3n) is 5.84. The van der Waals surface area contributed by atoms with Gasteiger partial charge in [-0.1, -0.05) is 24.3 Å². The van der Waals surface area contributed by atoms with E-state index in [1.165, 1.54) is 12.1 Å². The van der Waals surface area contributed by atoms with Crippen molar-refractivity contribution in [1.29, 1.82) is 0 Å². The lowest BCUT2D eigenvalue weighted by molar-refractivity contribution is -0.137. The molecule has 1 N–H and O–H groups in total. The molecular formula is C23H21F3N2O2. The molecule has 0 amide bonds. The molecule has 1 aliphatic heterocycles. The Hall–Kier alpha value is -2.77. The van der Waals surface area contributed by atoms with Crippen LogP contribution >= 0.6 is 0 Å². The zero-order valence-electron chi connectivity index (χ0n) is 16.1. The van der Waals surface area contributed by atoms with E-state index in [4.69, 9.17) is 0 Å². The number of alkyl halides is 3. The highest BCUT2D eigenvalue weighted by molar-refractivity contribution is 5.80. The number of benzene rings is 2. The van der Waals surface area contributed by atoms with Gasteiger partial charge in [0.05, 0.1) is 22.7 Å². The predicted octanol–water partition coefficient (Wildman–Crippen LogP) is 4.48. The van der Waals surface area contributed by atoms with Gasteiger partial charge < -0.3 is 9.90 Å². The van der Waals surface area contributed by atoms with Gasteiger partial charge >= 0.3 is 6.18 Å². The summed E-state index contributed by atoms with van der Waals surface area (Å²) in [5.74, 6) is 0. The topological polar surface area (TPSA) is 53.4 Å². The van der Waals surface area contributed by atoms with Crippen LogP contribution in [0.5, 0.6) is 0 Å². The lowest BCUT2D eigenvalue weighted by atomic mass is 9.83. The highest BCUT2D eigenvalue weighted by Crippen LogP contribution is 2.38. The smallest absolute Gasteiger partial charge is 0.385 e. The molecule has 0 spiro atoms. The van der Waals surface area contributed by atoms with Crippen molar-refractivity contribution in [2.45, 2.75) is 30.7 Å². The monoisotopic (exact) mass is 414 g/mol. The molecule has 0 radical (unpaired) electrons. The lowest BCUT2D eigenvalue weighted by Gasteiger charge is -2.40. The second kappa shape index (κ2) is 7.81. The Bertz CT molecular complexity index is 1060. The molecule has 156 valence electrons. The lowest BCUT2D eigenvalue weighted by Crippen LogP contribution is -2.44. The molecule has 1 aromatic heterocycles. The Labute approximate surface area is 172 Å². The molecule has 2 heterocycles. The van der Waals surface area contributed by atoms with Crippen LogP contribution in [0.25, 0.3) is 10.9 Å². The zero-order valence-corrected chi connectivity index (χ0v) is 16.1. The summed E-state index contributed by atoms with van der Waals surface area (Å²) in [5.41, 5.74) is -0.195. The van der Waals surface area contributed by atoms with Crippen LogP contribution < -0.4 is 0 Å². The van der Waals surface area contributed by atoms with Crippen molar-refractivity contribution < 1.29 is 23.1 Å². The number of likely N-dealkylation sites (tertiary alicyclic amines) is 1. The van der Waals surface area contributed by atoms with Crippen molar-refractivity contribution >= 4 is 17.2 Å². The quantitative estimate of drug-likeness (QED) is 0.640. The van der Waals surface area contributed by atoms with Crippen molar-refractivity contribution in [2.75, 3.05) is 13.1 Å². The zero-order chi connectivity index (χ0) is 21.4. The summed E-state index contributed by atoms with van der Waals surface area (Å²) in [4.78, 5) is 18.1. The molecule has 1 saturated heterocycles. The highest BCUT2D eigenvalue weighted by Gasteiger charge is 2.38. The first-order valence-corrected chi connectivity index (χ1v) is 9.74. The van der Waals surface area contributed by atoms with E-state index in [2.05, 4.69) is 4.98 Å². The van der Waals surface area contributed by atoms with Gasteiger partial charge in [0.25, 0.3) is 0 Å². The number of pyridine rings is 1. The molecule has 0 bridgehead atoms. The van der Waals surface area contributed by atoms with Crippen LogP contribution in [0.4, 0.5) is 13.2 Å². The number of aldehydes is 1. The number of carbonyl (C=O) groups excluding carboxylic acids is 1. The minimum absolute atomic E-state index is 0.244. The van der Waals surface area contributed by atoms with Crippen molar-refractivity contribution in [2.24, 2.45) is 0 Å². The largest absolute Gasteiger partial charge is 0.416 e. The fourth-order valence-corrected chi connectivity index (χ4v) is 4.10. The highest BCUT2D eigenvalue weighted by atomic mass is 19.4. The normalized spacial score (nSPS) is 18.3. The summed E-state index contributed by atoms with van der Waals surface area (Å²) in [5, 5.41) is 12.0. The number of halogens is 3. The number of hydrogen-bond donors (Lipinski definition) is 1. The first-order chi connectivity index (χ1) is 14.3. The van der Waals surface area contributed by atoms with E-state index in [-0.39, 0.29) is 18.4 Å². The van der Waals surface area contributed by atoms with Crippen LogP contribution in [0.15, 0.2) is 60.8 Å². The van der Waals surface area contributed by atoms with Gasteiger partial charge in [-0.15, -0.1) is 0 Å². The van der Waals surface area contributed by atoms with Crippen LogP contribution in [-0.2, 0) is 16.6 Å². The molecule has 1 unspecified atom stereocenters. The number of aromatic nitrogens is 1. The SMILES string of the molecule is O=CC(c1ccc2ncccc2c1)N1CCC(O)(c2cccc(C(F)(F)F)c2)CC1. The first-order valence-electron chi connectivity index (χ1n) is 9.74. The molecule has 4 nitrogen and oxygen atoms in total. The number of aliphatic hydroxyl groups is 1. The summed E-state index contributed by atoms with van der Waals surface area (Å²) < 4.78 is 39.1. The van der Waals surface area contributed by atoms with Crippen LogP contribution in [0.2, 0.25) is 0 Å². The molecule has 4 rings (SSSR count). The number of hydrogen-bond acceptors (Lipinski definition) is 4. The average molecular weight is 414 g/mol. The average Bonchev–Trinajstić information content (AvgIpc) is 2.75. The second-order valence-electron chi connectivity index (χ2n) is 7.68. The van der Waals surface area contributed by atoms with Crippen LogP contribution in [0, 0.1) is 0 Å². The Balaban J connectivity index is 1.53. The van der Waals surface area contributed by atoms with Crippen molar-refractivity contribution in [3.8, 4) is 0 Å². The van der Waals surface area contributed by atoms with E-state index in [0.29, 0.717) is 13.1 Å². The molecular weight excluding hydrogens is 393 g/mol. The van der Waals surface area contributed by atoms with E-state index in [1.807, 2.05) is 35.2 Å². The van der Waals surface area contributed by atoms with Crippen molar-refractivity contribution in [1.82, 2.24) is 9.88 Å². The van der Waals surface area contributed by atoms with E-state index < -0.39 is 23.4 Å². The van der Waals surface area contributed by atoms with Crippen LogP contribution in [-0.4, -0.2) is 34.4 Å². The predicted molar refractivity (Wildman–Crippen MR) is 107 cm³/mol. The molecule has 7 heteroatoms. The molecule has 1 aliphatic rings. The van der Waals surface area contributed by atoms with E-state index in [9.17, 15) is 23.1 Å². The molecule has 0 aliphatic carbocycles. The summed E-state index contributed by atoms with van der Waals surface area (Å²) >= 11 is 0. The maximum Gasteiger partial charge on any atom is 0.416 e. The maximum absolute atomic E-state index is 13.0. The summed E-state index contributed by atoms with van der Waals surface area (Å²) in [6.45, 7) is 0.780. The maximum atomic E-state index is 13.0. The van der Waals surface area contributed by atoms with E-state index in [0.717, 1.165) is 34.9 Å². The number of carbonyl (C=O) groups is 1. The van der Waals surface area contributed by atoms with Gasteiger partial charge in [0, 0.05) is 24.7 Å². The number of piperidine rings is 1. The van der Waals surface area contributed by atoms with Gasteiger partial charge in [0.1, 0.15) is 6.29 Å². The van der Waals surface area contributed by atoms with Crippen molar-refractivity contribution in [3.05, 3.63) is 77.5 Å². The third kappa shape index (κ3) is 3.95. The molecule has 30 heavy (non-hydrogen) atoms. The van der Waals surface area contributed by atoms with Crippen LogP contribution in [0.3, 0.4) is 0 Å². The van der Waals surface area contributed by atoms with Gasteiger partial charge in [-0.2, -0.15) is 13.2 Å². The third-order valence-corrected chi connectivity index (χ3v) is 5.84. The van der Waals surface area contributed by atoms with Gasteiger partial charge in [-0.3, -0.25) is 9.88 Å². The molecule has 2 aromatic carbocycles. The molecule has 0 saturated carbocycles. The summed E-state index contributed by atoms with van der Waals surface area (Å²) in [6.07, 6.45) is -1.40. The molecule has 1 fully saturated rings. The minimum Gasteiger partial charge on any atom is -0.385 e. The van der Waals surface area contributed by atoms with Gasteiger partial charge in [-0.05, 0) is 54.3 Å². The Kier molecular flexibility index (Phi) is 5.34. The van der Waals surface area contributed by atoms with Gasteiger partial charge in [-0.25, -0.2) is 0 Å². The fourth-order valence-electron chi connectivity index (χ4n) is 4.10. The Morgan fingerprint density at radius 1 is 1.07 bits per heavy atom. The summed E-state index contributed by atoms with van der Waals surface area (Å²) in [6, 6.07) is 13.8. The number of nitrogens with zero attached hydrogens (tertiary/aromatic N) is 2. The standard InChI is InChI=1S/C23H21F3N2O2/c24-23(25,26)19-5-1-4-18(14-19)22(30)8-11-28(12-9-22)21(15-29)17-6-7-20-16(13-17)3-2-10-27-20/h1-7,10,13-15,21,30H,8-9,11-12H2. The fraction of sp³-hybridized carbons (Fsp3) is 0.304.